The molecule has 0 aliphatic rings. The molecule has 0 bridgehead atoms. The summed E-state index contributed by atoms with van der Waals surface area (Å²) in [5.74, 6) is 0. The maximum atomic E-state index is 12.1. The van der Waals surface area contributed by atoms with E-state index in [9.17, 15) is 9.59 Å². The molecule has 0 saturated carbocycles. The Morgan fingerprint density at radius 2 is 1.70 bits per heavy atom. The van der Waals surface area contributed by atoms with Crippen LogP contribution in [0, 0.1) is 6.92 Å². The van der Waals surface area contributed by atoms with Crippen molar-refractivity contribution < 1.29 is 0 Å². The molecule has 1 unspecified atom stereocenters. The number of para-hydroxylation sites is 1. The van der Waals surface area contributed by atoms with Gasteiger partial charge in [0.25, 0.3) is 0 Å². The summed E-state index contributed by atoms with van der Waals surface area (Å²) in [6.45, 7) is 2.06. The molecule has 0 fully saturated rings. The molecule has 4 aromatic rings. The van der Waals surface area contributed by atoms with Gasteiger partial charge in [-0.2, -0.15) is 0 Å². The van der Waals surface area contributed by atoms with Crippen molar-refractivity contribution in [1.82, 2.24) is 4.98 Å². The zero-order valence-corrected chi connectivity index (χ0v) is 18.7. The minimum atomic E-state index is -0.466. The van der Waals surface area contributed by atoms with Crippen molar-refractivity contribution in [3.8, 4) is 0 Å². The Morgan fingerprint density at radius 3 is 2.48 bits per heavy atom. The molecule has 1 aromatic heterocycles. The van der Waals surface area contributed by atoms with E-state index < -0.39 is 10.9 Å². The Kier molecular flexibility index (Phi) is 4.86. The van der Waals surface area contributed by atoms with Gasteiger partial charge in [-0.3, -0.25) is 0 Å². The zero-order chi connectivity index (χ0) is 19.0. The van der Waals surface area contributed by atoms with Crippen molar-refractivity contribution in [3.63, 3.8) is 0 Å². The molecule has 1 heterocycles. The second-order valence-corrected chi connectivity index (χ2v) is 9.38. The molecule has 3 radical (unpaired) electrons. The fraction of sp³-hybridized carbons (Fsp3) is 0.143. The number of fused-ring (bicyclic) bond motifs is 1. The van der Waals surface area contributed by atoms with Gasteiger partial charge in [0.2, 0.25) is 0 Å². The van der Waals surface area contributed by atoms with Gasteiger partial charge in [-0.1, -0.05) is 0 Å². The molecule has 4 rings (SSSR count). The van der Waals surface area contributed by atoms with Crippen molar-refractivity contribution in [3.05, 3.63) is 86.3 Å². The third kappa shape index (κ3) is 3.56. The van der Waals surface area contributed by atoms with E-state index in [1.807, 2.05) is 30.5 Å². The second-order valence-electron chi connectivity index (χ2n) is 6.67. The Hall–Kier alpha value is -2.42. The van der Waals surface area contributed by atoms with E-state index in [4.69, 9.17) is 0 Å². The molecule has 3 N–H and O–H groups in total. The van der Waals surface area contributed by atoms with Crippen molar-refractivity contribution in [2.75, 3.05) is 10.6 Å². The SMILES string of the molecule is Cc1ccc(C[CH]([Pb])Nc2c(Nc3c[nH]c4ccccc34)c(=O)c2=O)cc1. The Morgan fingerprint density at radius 1 is 1.00 bits per heavy atom. The van der Waals surface area contributed by atoms with Crippen LogP contribution in [-0.4, -0.2) is 34.4 Å². The molecule has 5 nitrogen and oxygen atoms in total. The number of H-pyrrole nitrogens is 1. The summed E-state index contributed by atoms with van der Waals surface area (Å²) in [6.07, 6.45) is 2.65. The average molecular weight is 552 g/mol. The first-order valence-corrected chi connectivity index (χ1v) is 11.0. The molecule has 1 atom stereocenters. The molecule has 3 aromatic carbocycles. The van der Waals surface area contributed by atoms with Gasteiger partial charge in [-0.25, -0.2) is 0 Å². The molecular formula is C21H18N3O2Pb. The van der Waals surface area contributed by atoms with Crippen molar-refractivity contribution in [2.24, 2.45) is 0 Å². The first-order valence-electron chi connectivity index (χ1n) is 8.72. The second kappa shape index (κ2) is 7.30. The third-order valence-electron chi connectivity index (χ3n) is 4.64. The van der Waals surface area contributed by atoms with Gasteiger partial charge in [-0.05, 0) is 0 Å². The molecule has 0 amide bonds. The monoisotopic (exact) mass is 552 g/mol. The molecule has 0 spiro atoms. The first kappa shape index (κ1) is 18.0. The topological polar surface area (TPSA) is 74.0 Å². The number of anilines is 3. The van der Waals surface area contributed by atoms with Gasteiger partial charge in [0.05, 0.1) is 0 Å². The average Bonchev–Trinajstić information content (AvgIpc) is 3.09. The molecular weight excluding hydrogens is 533 g/mol. The summed E-state index contributed by atoms with van der Waals surface area (Å²) in [6, 6.07) is 16.2. The predicted octanol–water partition coefficient (Wildman–Crippen LogP) is 2.97. The summed E-state index contributed by atoms with van der Waals surface area (Å²) in [5, 5.41) is 7.39. The number of hydrogen-bond donors (Lipinski definition) is 3. The van der Waals surface area contributed by atoms with Crippen LogP contribution in [0.3, 0.4) is 0 Å². The Balaban J connectivity index is 1.53. The van der Waals surface area contributed by atoms with E-state index in [0.717, 1.165) is 48.8 Å². The zero-order valence-electron chi connectivity index (χ0n) is 14.8. The Labute approximate surface area is 172 Å². The minimum absolute atomic E-state index is 0.166. The van der Waals surface area contributed by atoms with Crippen molar-refractivity contribution in [2.45, 2.75) is 16.9 Å². The van der Waals surface area contributed by atoms with Crippen LogP contribution in [0.15, 0.2) is 64.3 Å². The van der Waals surface area contributed by atoms with Crippen LogP contribution < -0.4 is 21.5 Å². The summed E-state index contributed by atoms with van der Waals surface area (Å²) in [7, 11) is 0. The number of nitrogens with one attached hydrogen (secondary N) is 3. The van der Waals surface area contributed by atoms with Crippen molar-refractivity contribution >= 4 is 53.7 Å². The molecule has 0 aliphatic carbocycles. The van der Waals surface area contributed by atoms with E-state index in [1.54, 1.807) is 0 Å². The number of aromatic nitrogens is 1. The Bertz CT molecular complexity index is 1170. The maximum absolute atomic E-state index is 12.1. The molecule has 0 aliphatic heterocycles. The van der Waals surface area contributed by atoms with Gasteiger partial charge in [0.1, 0.15) is 0 Å². The summed E-state index contributed by atoms with van der Waals surface area (Å²) >= 11 is 0.856. The summed E-state index contributed by atoms with van der Waals surface area (Å²) < 4.78 is 0.166. The molecule has 133 valence electrons. The summed E-state index contributed by atoms with van der Waals surface area (Å²) in [5.41, 5.74) is 4.07. The number of aryl methyl sites for hydroxylation is 1. The number of benzene rings is 2. The number of hydrogen-bond acceptors (Lipinski definition) is 4. The van der Waals surface area contributed by atoms with Crippen LogP contribution in [0.2, 0.25) is 0 Å². The van der Waals surface area contributed by atoms with E-state index in [-0.39, 0.29) is 3.60 Å². The number of aromatic amines is 1. The third-order valence-corrected chi connectivity index (χ3v) is 5.99. The first-order chi connectivity index (χ1) is 13.0. The van der Waals surface area contributed by atoms with Crippen LogP contribution in [0.4, 0.5) is 17.1 Å². The van der Waals surface area contributed by atoms with Crippen LogP contribution in [-0.2, 0) is 6.42 Å². The van der Waals surface area contributed by atoms with Gasteiger partial charge in [0.15, 0.2) is 0 Å². The summed E-state index contributed by atoms with van der Waals surface area (Å²) in [4.78, 5) is 27.4. The van der Waals surface area contributed by atoms with Crippen LogP contribution in [0.5, 0.6) is 0 Å². The van der Waals surface area contributed by atoms with Crippen LogP contribution >= 0.6 is 0 Å². The van der Waals surface area contributed by atoms with Crippen LogP contribution in [0.1, 0.15) is 11.1 Å². The van der Waals surface area contributed by atoms with E-state index in [1.165, 1.54) is 11.1 Å². The van der Waals surface area contributed by atoms with Gasteiger partial charge < -0.3 is 0 Å². The number of rotatable bonds is 6. The normalized spacial score (nSPS) is 12.4. The van der Waals surface area contributed by atoms with Crippen LogP contribution in [0.25, 0.3) is 10.9 Å². The standard InChI is InChI=1S/C21H18N3O2.Pb/c1-13-6-8-14(9-7-13)10-11-22-18-19(21(26)20(18)25)24-17-12-23-16-5-3-2-4-15(16)17;/h2-9,11-12,22-24H,10H2,1H3;. The van der Waals surface area contributed by atoms with Gasteiger partial charge in [-0.15, -0.1) is 0 Å². The predicted molar refractivity (Wildman–Crippen MR) is 111 cm³/mol. The van der Waals surface area contributed by atoms with Crippen molar-refractivity contribution in [1.29, 1.82) is 0 Å². The van der Waals surface area contributed by atoms with Gasteiger partial charge in [0, 0.05) is 0 Å². The van der Waals surface area contributed by atoms with E-state index in [2.05, 4.69) is 46.8 Å². The van der Waals surface area contributed by atoms with E-state index in [0.29, 0.717) is 11.4 Å². The molecule has 27 heavy (non-hydrogen) atoms. The van der Waals surface area contributed by atoms with E-state index >= 15 is 0 Å². The molecule has 6 heteroatoms. The fourth-order valence-electron chi connectivity index (χ4n) is 3.14. The molecule has 0 saturated heterocycles. The fourth-order valence-corrected chi connectivity index (χ4v) is 4.62. The quantitative estimate of drug-likeness (QED) is 0.255. The van der Waals surface area contributed by atoms with Gasteiger partial charge >= 0.3 is 173 Å².